The van der Waals surface area contributed by atoms with E-state index in [1.807, 2.05) is 37.3 Å². The SMILES string of the molecule is COCCC(C)N.OCc1ccccc1. The van der Waals surface area contributed by atoms with Crippen molar-refractivity contribution in [1.29, 1.82) is 0 Å². The van der Waals surface area contributed by atoms with Gasteiger partial charge in [-0.2, -0.15) is 0 Å². The average molecular weight is 211 g/mol. The smallest absolute Gasteiger partial charge is 0.0681 e. The first-order chi connectivity index (χ1) is 7.20. The Bertz CT molecular complexity index is 224. The summed E-state index contributed by atoms with van der Waals surface area (Å²) in [6.45, 7) is 2.89. The highest BCUT2D eigenvalue weighted by molar-refractivity contribution is 5.12. The largest absolute Gasteiger partial charge is 0.392 e. The Hall–Kier alpha value is -0.900. The molecule has 0 aliphatic rings. The van der Waals surface area contributed by atoms with Gasteiger partial charge in [-0.15, -0.1) is 0 Å². The van der Waals surface area contributed by atoms with Crippen molar-refractivity contribution in [3.63, 3.8) is 0 Å². The van der Waals surface area contributed by atoms with Crippen molar-refractivity contribution in [2.75, 3.05) is 13.7 Å². The minimum Gasteiger partial charge on any atom is -0.392 e. The van der Waals surface area contributed by atoms with E-state index in [4.69, 9.17) is 15.6 Å². The summed E-state index contributed by atoms with van der Waals surface area (Å²) in [7, 11) is 1.68. The Morgan fingerprint density at radius 2 is 1.93 bits per heavy atom. The first-order valence-electron chi connectivity index (χ1n) is 5.10. The molecule has 1 unspecified atom stereocenters. The molecule has 1 aromatic carbocycles. The average Bonchev–Trinajstić information content (AvgIpc) is 2.28. The minimum absolute atomic E-state index is 0.140. The first-order valence-corrected chi connectivity index (χ1v) is 5.10. The summed E-state index contributed by atoms with van der Waals surface area (Å²) in [6, 6.07) is 9.80. The zero-order valence-electron chi connectivity index (χ0n) is 9.52. The molecule has 0 bridgehead atoms. The second-order valence-electron chi connectivity index (χ2n) is 3.40. The highest BCUT2D eigenvalue weighted by atomic mass is 16.5. The molecule has 0 aliphatic heterocycles. The van der Waals surface area contributed by atoms with Crippen LogP contribution in [-0.2, 0) is 11.3 Å². The van der Waals surface area contributed by atoms with Gasteiger partial charge in [-0.1, -0.05) is 30.3 Å². The third-order valence-corrected chi connectivity index (χ3v) is 1.80. The minimum atomic E-state index is 0.140. The van der Waals surface area contributed by atoms with Gasteiger partial charge in [-0.05, 0) is 18.9 Å². The van der Waals surface area contributed by atoms with Crippen LogP contribution in [0.1, 0.15) is 18.9 Å². The number of hydrogen-bond acceptors (Lipinski definition) is 3. The summed E-state index contributed by atoms with van der Waals surface area (Å²) in [5.74, 6) is 0. The Kier molecular flexibility index (Phi) is 9.07. The summed E-state index contributed by atoms with van der Waals surface area (Å²) in [5.41, 5.74) is 6.36. The van der Waals surface area contributed by atoms with Gasteiger partial charge in [0.15, 0.2) is 0 Å². The molecule has 0 aromatic heterocycles. The summed E-state index contributed by atoms with van der Waals surface area (Å²) in [5, 5.41) is 8.54. The standard InChI is InChI=1S/C7H8O.C5H13NO/c8-6-7-4-2-1-3-5-7;1-5(6)3-4-7-2/h1-5,8H,6H2;5H,3-4,6H2,1-2H3. The molecule has 3 nitrogen and oxygen atoms in total. The van der Waals surface area contributed by atoms with E-state index in [1.54, 1.807) is 7.11 Å². The van der Waals surface area contributed by atoms with Gasteiger partial charge >= 0.3 is 0 Å². The van der Waals surface area contributed by atoms with Gasteiger partial charge in [0.1, 0.15) is 0 Å². The molecule has 0 saturated carbocycles. The normalized spacial score (nSPS) is 11.5. The maximum atomic E-state index is 8.54. The van der Waals surface area contributed by atoms with Gasteiger partial charge in [0.25, 0.3) is 0 Å². The van der Waals surface area contributed by atoms with Crippen molar-refractivity contribution in [3.05, 3.63) is 35.9 Å². The maximum absolute atomic E-state index is 8.54. The Balaban J connectivity index is 0.000000265. The number of aliphatic hydroxyl groups excluding tert-OH is 1. The predicted molar refractivity (Wildman–Crippen MR) is 62.5 cm³/mol. The first kappa shape index (κ1) is 14.1. The van der Waals surface area contributed by atoms with Crippen LogP contribution in [0.25, 0.3) is 0 Å². The fraction of sp³-hybridized carbons (Fsp3) is 0.500. The third-order valence-electron chi connectivity index (χ3n) is 1.80. The molecule has 3 N–H and O–H groups in total. The number of rotatable bonds is 4. The van der Waals surface area contributed by atoms with Crippen molar-refractivity contribution < 1.29 is 9.84 Å². The molecule has 0 heterocycles. The Labute approximate surface area is 91.9 Å². The van der Waals surface area contributed by atoms with Crippen LogP contribution >= 0.6 is 0 Å². The summed E-state index contributed by atoms with van der Waals surface area (Å²) in [6.07, 6.45) is 0.955. The van der Waals surface area contributed by atoms with Crippen molar-refractivity contribution >= 4 is 0 Å². The molecular formula is C12H21NO2. The number of nitrogens with two attached hydrogens (primary N) is 1. The molecule has 86 valence electrons. The lowest BCUT2D eigenvalue weighted by Crippen LogP contribution is -2.16. The predicted octanol–water partition coefficient (Wildman–Crippen LogP) is 1.55. The molecule has 0 saturated heterocycles. The summed E-state index contributed by atoms with van der Waals surface area (Å²) in [4.78, 5) is 0. The van der Waals surface area contributed by atoms with Gasteiger partial charge < -0.3 is 15.6 Å². The van der Waals surface area contributed by atoms with Gasteiger partial charge in [-0.3, -0.25) is 0 Å². The Morgan fingerprint density at radius 1 is 1.33 bits per heavy atom. The van der Waals surface area contributed by atoms with Crippen molar-refractivity contribution in [3.8, 4) is 0 Å². The number of hydrogen-bond donors (Lipinski definition) is 2. The lowest BCUT2D eigenvalue weighted by Gasteiger charge is -2.00. The molecule has 1 aromatic rings. The second-order valence-corrected chi connectivity index (χ2v) is 3.40. The zero-order chi connectivity index (χ0) is 11.5. The highest BCUT2D eigenvalue weighted by Gasteiger charge is 1.89. The van der Waals surface area contributed by atoms with Crippen molar-refractivity contribution in [1.82, 2.24) is 0 Å². The molecule has 1 atom stereocenters. The van der Waals surface area contributed by atoms with Crippen LogP contribution in [0.2, 0.25) is 0 Å². The molecule has 0 aliphatic carbocycles. The van der Waals surface area contributed by atoms with E-state index in [0.29, 0.717) is 0 Å². The molecule has 0 radical (unpaired) electrons. The number of ether oxygens (including phenoxy) is 1. The summed E-state index contributed by atoms with van der Waals surface area (Å²) < 4.78 is 4.77. The van der Waals surface area contributed by atoms with E-state index in [-0.39, 0.29) is 12.6 Å². The van der Waals surface area contributed by atoms with Gasteiger partial charge in [0, 0.05) is 19.8 Å². The quantitative estimate of drug-likeness (QED) is 0.794. The van der Waals surface area contributed by atoms with E-state index in [9.17, 15) is 0 Å². The van der Waals surface area contributed by atoms with E-state index in [1.165, 1.54) is 0 Å². The third kappa shape index (κ3) is 9.41. The lowest BCUT2D eigenvalue weighted by atomic mass is 10.2. The maximum Gasteiger partial charge on any atom is 0.0681 e. The van der Waals surface area contributed by atoms with Crippen LogP contribution in [0.4, 0.5) is 0 Å². The second kappa shape index (κ2) is 9.65. The molecule has 0 amide bonds. The Morgan fingerprint density at radius 3 is 2.20 bits per heavy atom. The topological polar surface area (TPSA) is 55.5 Å². The molecule has 3 heteroatoms. The van der Waals surface area contributed by atoms with E-state index in [2.05, 4.69) is 0 Å². The van der Waals surface area contributed by atoms with Crippen LogP contribution in [-0.4, -0.2) is 24.9 Å². The van der Waals surface area contributed by atoms with Crippen LogP contribution < -0.4 is 5.73 Å². The van der Waals surface area contributed by atoms with Crippen LogP contribution in [0, 0.1) is 0 Å². The molecule has 1 rings (SSSR count). The molecule has 15 heavy (non-hydrogen) atoms. The monoisotopic (exact) mass is 211 g/mol. The fourth-order valence-corrected chi connectivity index (χ4v) is 0.887. The van der Waals surface area contributed by atoms with E-state index >= 15 is 0 Å². The van der Waals surface area contributed by atoms with Crippen molar-refractivity contribution in [2.45, 2.75) is 26.0 Å². The zero-order valence-corrected chi connectivity index (χ0v) is 9.52. The van der Waals surface area contributed by atoms with Gasteiger partial charge in [-0.25, -0.2) is 0 Å². The summed E-state index contributed by atoms with van der Waals surface area (Å²) >= 11 is 0. The number of aliphatic hydroxyl groups is 1. The van der Waals surface area contributed by atoms with E-state index in [0.717, 1.165) is 18.6 Å². The van der Waals surface area contributed by atoms with Gasteiger partial charge in [0.05, 0.1) is 6.61 Å². The van der Waals surface area contributed by atoms with Crippen LogP contribution in [0.15, 0.2) is 30.3 Å². The highest BCUT2D eigenvalue weighted by Crippen LogP contribution is 1.95. The number of methoxy groups -OCH3 is 1. The fourth-order valence-electron chi connectivity index (χ4n) is 0.887. The number of benzene rings is 1. The molecule has 0 spiro atoms. The lowest BCUT2D eigenvalue weighted by molar-refractivity contribution is 0.189. The van der Waals surface area contributed by atoms with Crippen LogP contribution in [0.3, 0.4) is 0 Å². The molecular weight excluding hydrogens is 190 g/mol. The van der Waals surface area contributed by atoms with E-state index < -0.39 is 0 Å². The molecule has 0 fully saturated rings. The van der Waals surface area contributed by atoms with Gasteiger partial charge in [0.2, 0.25) is 0 Å². The van der Waals surface area contributed by atoms with Crippen molar-refractivity contribution in [2.24, 2.45) is 5.73 Å². The van der Waals surface area contributed by atoms with Crippen LogP contribution in [0.5, 0.6) is 0 Å².